The minimum absolute atomic E-state index is 0.0530. The molecule has 178 valence electrons. The molecule has 2 aromatic rings. The zero-order valence-electron chi connectivity index (χ0n) is 19.7. The van der Waals surface area contributed by atoms with Crippen LogP contribution in [0.2, 0.25) is 0 Å². The number of carbonyl (C=O) groups is 2. The van der Waals surface area contributed by atoms with Crippen molar-refractivity contribution in [2.24, 2.45) is 11.7 Å². The number of hydrogen-bond acceptors (Lipinski definition) is 4. The van der Waals surface area contributed by atoms with Gasteiger partial charge in [0.2, 0.25) is 11.8 Å². The molecular formula is C27H31FN4O2. The maximum Gasteiger partial charge on any atom is 0.241 e. The van der Waals surface area contributed by atoms with Crippen molar-refractivity contribution >= 4 is 17.5 Å². The smallest absolute Gasteiger partial charge is 0.241 e. The van der Waals surface area contributed by atoms with Gasteiger partial charge in [-0.05, 0) is 67.0 Å². The topological polar surface area (TPSA) is 99.2 Å². The molecule has 34 heavy (non-hydrogen) atoms. The van der Waals surface area contributed by atoms with Crippen LogP contribution in [0.5, 0.6) is 0 Å². The van der Waals surface area contributed by atoms with Crippen LogP contribution in [-0.2, 0) is 22.4 Å². The fraction of sp³-hybridized carbons (Fsp3) is 0.444. The molecule has 2 aliphatic rings. The van der Waals surface area contributed by atoms with E-state index in [0.29, 0.717) is 24.1 Å². The normalized spacial score (nSPS) is 18.3. The number of fused-ring (bicyclic) bond motifs is 1. The zero-order valence-corrected chi connectivity index (χ0v) is 19.7. The summed E-state index contributed by atoms with van der Waals surface area (Å²) in [6.45, 7) is 4.23. The number of likely N-dealkylation sites (N-methyl/N-ethyl adjacent to an activating group) is 1. The molecule has 0 saturated heterocycles. The van der Waals surface area contributed by atoms with Crippen LogP contribution < -0.4 is 16.0 Å². The van der Waals surface area contributed by atoms with E-state index in [1.54, 1.807) is 24.0 Å². The minimum Gasteiger partial charge on any atom is -0.338 e. The van der Waals surface area contributed by atoms with Crippen LogP contribution >= 0.6 is 0 Å². The van der Waals surface area contributed by atoms with Crippen molar-refractivity contribution in [1.82, 2.24) is 5.32 Å². The van der Waals surface area contributed by atoms with E-state index in [2.05, 4.69) is 11.4 Å². The summed E-state index contributed by atoms with van der Waals surface area (Å²) in [7, 11) is 0. The van der Waals surface area contributed by atoms with Crippen LogP contribution in [0.1, 0.15) is 50.7 Å². The molecular weight excluding hydrogens is 431 g/mol. The summed E-state index contributed by atoms with van der Waals surface area (Å²) >= 11 is 0. The number of hydrogen-bond donors (Lipinski definition) is 2. The SMILES string of the molecule is CCN1C(=O)Cc2ccc(-c3ccc(C[C@@H](C#N)NC(=O)[C@@](C)(N)C4CCCC4)c(F)c3)cc21. The summed E-state index contributed by atoms with van der Waals surface area (Å²) in [6, 6.07) is 11.8. The minimum atomic E-state index is -1.05. The number of nitrogens with two attached hydrogens (primary N) is 1. The average molecular weight is 463 g/mol. The first-order chi connectivity index (χ1) is 16.2. The van der Waals surface area contributed by atoms with Crippen molar-refractivity contribution in [2.75, 3.05) is 11.4 Å². The van der Waals surface area contributed by atoms with Crippen molar-refractivity contribution in [3.05, 3.63) is 53.3 Å². The molecule has 3 N–H and O–H groups in total. The molecule has 2 atom stereocenters. The number of amides is 2. The van der Waals surface area contributed by atoms with Crippen LogP contribution in [0.3, 0.4) is 0 Å². The third kappa shape index (κ3) is 4.55. The Balaban J connectivity index is 1.48. The number of nitriles is 1. The lowest BCUT2D eigenvalue weighted by Crippen LogP contribution is -2.58. The summed E-state index contributed by atoms with van der Waals surface area (Å²) in [5.41, 5.74) is 8.98. The van der Waals surface area contributed by atoms with Gasteiger partial charge in [0.25, 0.3) is 0 Å². The van der Waals surface area contributed by atoms with E-state index >= 15 is 4.39 Å². The molecule has 4 rings (SSSR count). The van der Waals surface area contributed by atoms with Crippen molar-refractivity contribution in [1.29, 1.82) is 5.26 Å². The molecule has 2 aromatic carbocycles. The summed E-state index contributed by atoms with van der Waals surface area (Å²) in [5.74, 6) is -0.644. The Morgan fingerprint density at radius 3 is 2.59 bits per heavy atom. The average Bonchev–Trinajstić information content (AvgIpc) is 3.47. The van der Waals surface area contributed by atoms with Gasteiger partial charge in [-0.1, -0.05) is 37.1 Å². The van der Waals surface area contributed by atoms with Crippen LogP contribution in [0.25, 0.3) is 11.1 Å². The zero-order chi connectivity index (χ0) is 24.5. The second-order valence-corrected chi connectivity index (χ2v) is 9.59. The number of halogens is 1. The molecule has 1 saturated carbocycles. The summed E-state index contributed by atoms with van der Waals surface area (Å²) in [4.78, 5) is 26.7. The lowest BCUT2D eigenvalue weighted by molar-refractivity contribution is -0.128. The highest BCUT2D eigenvalue weighted by atomic mass is 19.1. The Morgan fingerprint density at radius 2 is 1.94 bits per heavy atom. The Hall–Kier alpha value is -3.24. The molecule has 1 heterocycles. The van der Waals surface area contributed by atoms with Gasteiger partial charge >= 0.3 is 0 Å². The van der Waals surface area contributed by atoms with Gasteiger partial charge in [-0.3, -0.25) is 9.59 Å². The Morgan fingerprint density at radius 1 is 1.26 bits per heavy atom. The molecule has 1 fully saturated rings. The van der Waals surface area contributed by atoms with Gasteiger partial charge in [0.1, 0.15) is 11.9 Å². The molecule has 1 aliphatic carbocycles. The van der Waals surface area contributed by atoms with E-state index in [1.165, 1.54) is 6.07 Å². The molecule has 0 unspecified atom stereocenters. The van der Waals surface area contributed by atoms with Crippen molar-refractivity contribution in [3.8, 4) is 17.2 Å². The van der Waals surface area contributed by atoms with E-state index in [1.807, 2.05) is 25.1 Å². The molecule has 7 heteroatoms. The lowest BCUT2D eigenvalue weighted by Gasteiger charge is -2.31. The van der Waals surface area contributed by atoms with E-state index < -0.39 is 17.4 Å². The number of anilines is 1. The summed E-state index contributed by atoms with van der Waals surface area (Å²) in [5, 5.41) is 12.3. The highest BCUT2D eigenvalue weighted by Crippen LogP contribution is 2.34. The molecule has 1 aliphatic heterocycles. The molecule has 0 radical (unpaired) electrons. The van der Waals surface area contributed by atoms with Gasteiger partial charge in [0.05, 0.1) is 18.0 Å². The van der Waals surface area contributed by atoms with Crippen molar-refractivity contribution in [2.45, 2.75) is 64.0 Å². The van der Waals surface area contributed by atoms with E-state index in [-0.39, 0.29) is 24.2 Å². The first-order valence-corrected chi connectivity index (χ1v) is 12.0. The maximum absolute atomic E-state index is 15.0. The standard InChI is InChI=1S/C27H31FN4O2/c1-3-32-24-14-18(9-11-20(24)15-25(32)33)17-8-10-19(23(28)13-17)12-22(16-29)31-26(34)27(2,30)21-6-4-5-7-21/h8-11,13-14,21-22H,3-7,12,15,30H2,1-2H3,(H,31,34)/t22-,27-/m0/s1. The fourth-order valence-corrected chi connectivity index (χ4v) is 5.15. The Bertz CT molecular complexity index is 1150. The molecule has 2 amide bonds. The van der Waals surface area contributed by atoms with Gasteiger partial charge in [-0.25, -0.2) is 4.39 Å². The first-order valence-electron chi connectivity index (χ1n) is 12.0. The molecule has 0 aromatic heterocycles. The number of carbonyl (C=O) groups excluding carboxylic acids is 2. The molecule has 6 nitrogen and oxygen atoms in total. The van der Waals surface area contributed by atoms with Gasteiger partial charge in [0, 0.05) is 18.7 Å². The largest absolute Gasteiger partial charge is 0.338 e. The number of rotatable bonds is 7. The van der Waals surface area contributed by atoms with Crippen LogP contribution in [-0.4, -0.2) is 29.9 Å². The third-order valence-corrected chi connectivity index (χ3v) is 7.30. The lowest BCUT2D eigenvalue weighted by atomic mass is 9.84. The van der Waals surface area contributed by atoms with E-state index in [4.69, 9.17) is 5.73 Å². The fourth-order valence-electron chi connectivity index (χ4n) is 5.15. The van der Waals surface area contributed by atoms with Crippen LogP contribution in [0.4, 0.5) is 10.1 Å². The highest BCUT2D eigenvalue weighted by Gasteiger charge is 2.39. The predicted molar refractivity (Wildman–Crippen MR) is 129 cm³/mol. The second kappa shape index (κ2) is 9.55. The number of nitrogens with zero attached hydrogens (tertiary/aromatic N) is 2. The van der Waals surface area contributed by atoms with Crippen LogP contribution in [0.15, 0.2) is 36.4 Å². The number of benzene rings is 2. The monoisotopic (exact) mass is 462 g/mol. The van der Waals surface area contributed by atoms with E-state index in [0.717, 1.165) is 42.5 Å². The quantitative estimate of drug-likeness (QED) is 0.653. The molecule has 0 spiro atoms. The van der Waals surface area contributed by atoms with Crippen LogP contribution in [0, 0.1) is 23.1 Å². The van der Waals surface area contributed by atoms with Gasteiger partial charge in [-0.2, -0.15) is 5.26 Å². The predicted octanol–water partition coefficient (Wildman–Crippen LogP) is 3.86. The van der Waals surface area contributed by atoms with Crippen molar-refractivity contribution in [3.63, 3.8) is 0 Å². The van der Waals surface area contributed by atoms with E-state index in [9.17, 15) is 14.9 Å². The van der Waals surface area contributed by atoms with Gasteiger partial charge in [-0.15, -0.1) is 0 Å². The first kappa shape index (κ1) is 23.9. The van der Waals surface area contributed by atoms with Gasteiger partial charge < -0.3 is 16.0 Å². The third-order valence-electron chi connectivity index (χ3n) is 7.30. The highest BCUT2D eigenvalue weighted by molar-refractivity contribution is 6.02. The Kier molecular flexibility index (Phi) is 6.72. The number of nitrogens with one attached hydrogen (secondary N) is 1. The second-order valence-electron chi connectivity index (χ2n) is 9.59. The summed E-state index contributed by atoms with van der Waals surface area (Å²) < 4.78 is 15.0. The molecule has 0 bridgehead atoms. The van der Waals surface area contributed by atoms with Gasteiger partial charge in [0.15, 0.2) is 0 Å². The summed E-state index contributed by atoms with van der Waals surface area (Å²) in [6.07, 6.45) is 4.36. The Labute approximate surface area is 199 Å². The van der Waals surface area contributed by atoms with Crippen molar-refractivity contribution < 1.29 is 14.0 Å². The maximum atomic E-state index is 15.0.